The van der Waals surface area contributed by atoms with Gasteiger partial charge in [-0.15, -0.1) is 11.3 Å². The molecule has 0 amide bonds. The Balaban J connectivity index is 2.24. The van der Waals surface area contributed by atoms with Crippen LogP contribution < -0.4 is 0 Å². The highest BCUT2D eigenvalue weighted by Crippen LogP contribution is 2.40. The van der Waals surface area contributed by atoms with Crippen LogP contribution in [0.5, 0.6) is 0 Å². The molecule has 0 fully saturated rings. The average molecular weight is 323 g/mol. The molecule has 0 aliphatic carbocycles. The second-order valence-corrected chi connectivity index (χ2v) is 6.28. The van der Waals surface area contributed by atoms with Gasteiger partial charge in [-0.1, -0.05) is 0 Å². The quantitative estimate of drug-likeness (QED) is 0.508. The van der Waals surface area contributed by atoms with Crippen molar-refractivity contribution in [2.45, 2.75) is 13.8 Å². The van der Waals surface area contributed by atoms with E-state index in [-0.39, 0.29) is 11.0 Å². The molecule has 1 aromatic carbocycles. The molecule has 0 saturated heterocycles. The van der Waals surface area contributed by atoms with Crippen molar-refractivity contribution in [1.29, 1.82) is 5.26 Å². The molecule has 0 radical (unpaired) electrons. The number of thiazole rings is 1. The van der Waals surface area contributed by atoms with Crippen LogP contribution in [0, 0.1) is 31.0 Å². The van der Waals surface area contributed by atoms with E-state index in [2.05, 4.69) is 16.0 Å². The van der Waals surface area contributed by atoms with Crippen LogP contribution in [0.3, 0.4) is 0 Å². The van der Waals surface area contributed by atoms with Crippen LogP contribution in [0.2, 0.25) is 0 Å². The highest BCUT2D eigenvalue weighted by molar-refractivity contribution is 7.09. The van der Waals surface area contributed by atoms with Crippen molar-refractivity contribution in [3.63, 3.8) is 0 Å². The monoisotopic (exact) mass is 323 g/mol. The van der Waals surface area contributed by atoms with Gasteiger partial charge in [-0.25, -0.2) is 14.4 Å². The summed E-state index contributed by atoms with van der Waals surface area (Å²) >= 11 is 1.44. The van der Waals surface area contributed by atoms with E-state index in [4.69, 9.17) is 4.42 Å². The molecule has 0 bridgehead atoms. The Labute approximate surface area is 134 Å². The van der Waals surface area contributed by atoms with Gasteiger partial charge in [0.2, 0.25) is 5.71 Å². The van der Waals surface area contributed by atoms with Crippen molar-refractivity contribution < 1.29 is 8.81 Å². The van der Waals surface area contributed by atoms with Gasteiger partial charge < -0.3 is 4.42 Å². The summed E-state index contributed by atoms with van der Waals surface area (Å²) in [6.07, 6.45) is 1.58. The lowest BCUT2D eigenvalue weighted by Gasteiger charge is -2.08. The third kappa shape index (κ3) is 1.87. The fourth-order valence-electron chi connectivity index (χ4n) is 2.83. The van der Waals surface area contributed by atoms with Crippen LogP contribution in [-0.2, 0) is 0 Å². The zero-order valence-corrected chi connectivity index (χ0v) is 13.2. The van der Waals surface area contributed by atoms with Gasteiger partial charge in [-0.2, -0.15) is 5.26 Å². The van der Waals surface area contributed by atoms with Crippen LogP contribution in [0.1, 0.15) is 16.1 Å². The number of furan rings is 1. The van der Waals surface area contributed by atoms with Crippen molar-refractivity contribution in [3.8, 4) is 17.3 Å². The Morgan fingerprint density at radius 2 is 2.17 bits per heavy atom. The maximum absolute atomic E-state index is 15.3. The number of hydrogen-bond acceptors (Lipinski definition) is 5. The smallest absolute Gasteiger partial charge is 0.227 e. The van der Waals surface area contributed by atoms with E-state index in [9.17, 15) is 5.26 Å². The Morgan fingerprint density at radius 3 is 2.87 bits per heavy atom. The Kier molecular flexibility index (Phi) is 2.93. The van der Waals surface area contributed by atoms with Crippen molar-refractivity contribution in [3.05, 3.63) is 45.7 Å². The molecule has 0 N–H and O–H groups in total. The molecular formula is C17H10FN3OS. The van der Waals surface area contributed by atoms with E-state index in [1.54, 1.807) is 30.6 Å². The summed E-state index contributed by atoms with van der Waals surface area (Å²) in [6, 6.07) is 5.59. The zero-order valence-electron chi connectivity index (χ0n) is 12.3. The molecule has 0 unspecified atom stereocenters. The van der Waals surface area contributed by atoms with Crippen molar-refractivity contribution >= 4 is 33.4 Å². The van der Waals surface area contributed by atoms with Gasteiger partial charge in [0.05, 0.1) is 27.0 Å². The van der Waals surface area contributed by atoms with Crippen LogP contribution in [-0.4, -0.2) is 9.97 Å². The molecule has 6 heteroatoms. The van der Waals surface area contributed by atoms with Crippen LogP contribution in [0.15, 0.2) is 28.1 Å². The standard InChI is InChI=1S/C17H10FN3OS/c1-8-11(6-19)16-14(10-4-3-5-20-17(10)22-16)15(18)13(8)12-7-23-9(2)21-12/h3-5,7H,1-2H3. The highest BCUT2D eigenvalue weighted by Gasteiger charge is 2.24. The number of aromatic nitrogens is 2. The van der Waals surface area contributed by atoms with Crippen LogP contribution in [0.4, 0.5) is 4.39 Å². The van der Waals surface area contributed by atoms with Crippen molar-refractivity contribution in [1.82, 2.24) is 9.97 Å². The second-order valence-electron chi connectivity index (χ2n) is 5.21. The predicted molar refractivity (Wildman–Crippen MR) is 86.8 cm³/mol. The minimum atomic E-state index is -0.423. The summed E-state index contributed by atoms with van der Waals surface area (Å²) < 4.78 is 20.9. The molecule has 3 heterocycles. The van der Waals surface area contributed by atoms with E-state index < -0.39 is 5.82 Å². The summed E-state index contributed by atoms with van der Waals surface area (Å²) in [4.78, 5) is 8.49. The van der Waals surface area contributed by atoms with Gasteiger partial charge in [0.25, 0.3) is 0 Å². The normalized spacial score (nSPS) is 11.2. The molecule has 0 aliphatic rings. The molecule has 0 aliphatic heterocycles. The van der Waals surface area contributed by atoms with Gasteiger partial charge in [0, 0.05) is 17.1 Å². The van der Waals surface area contributed by atoms with Gasteiger partial charge in [0.1, 0.15) is 11.9 Å². The maximum atomic E-state index is 15.3. The lowest BCUT2D eigenvalue weighted by atomic mass is 9.96. The van der Waals surface area contributed by atoms with Gasteiger partial charge in [0.15, 0.2) is 5.58 Å². The number of aryl methyl sites for hydroxylation is 1. The van der Waals surface area contributed by atoms with Crippen LogP contribution in [0.25, 0.3) is 33.3 Å². The molecule has 23 heavy (non-hydrogen) atoms. The molecular weight excluding hydrogens is 313 g/mol. The third-order valence-corrected chi connectivity index (χ3v) is 4.64. The number of hydrogen-bond donors (Lipinski definition) is 0. The van der Waals surface area contributed by atoms with Crippen LogP contribution >= 0.6 is 11.3 Å². The van der Waals surface area contributed by atoms with E-state index in [1.807, 2.05) is 6.92 Å². The van der Waals surface area contributed by atoms with Gasteiger partial charge in [-0.05, 0) is 31.5 Å². The summed E-state index contributed by atoms with van der Waals surface area (Å²) in [5.41, 5.74) is 2.31. The van der Waals surface area contributed by atoms with Crippen molar-refractivity contribution in [2.75, 3.05) is 0 Å². The largest absolute Gasteiger partial charge is 0.436 e. The highest BCUT2D eigenvalue weighted by atomic mass is 32.1. The number of nitrogens with zero attached hydrogens (tertiary/aromatic N) is 3. The minimum Gasteiger partial charge on any atom is -0.436 e. The first-order chi connectivity index (χ1) is 11.1. The molecule has 3 aromatic heterocycles. The Morgan fingerprint density at radius 1 is 1.35 bits per heavy atom. The zero-order chi connectivity index (χ0) is 16.1. The fourth-order valence-corrected chi connectivity index (χ4v) is 3.43. The summed E-state index contributed by atoms with van der Waals surface area (Å²) in [5.74, 6) is -0.423. The number of halogens is 1. The minimum absolute atomic E-state index is 0.243. The number of pyridine rings is 1. The number of rotatable bonds is 1. The summed E-state index contributed by atoms with van der Waals surface area (Å²) in [5, 5.41) is 13.0. The SMILES string of the molecule is Cc1nc(-c2c(C)c(C#N)c3oc4ncccc4c3c2F)cs1. The van der Waals surface area contributed by atoms with Gasteiger partial charge >= 0.3 is 0 Å². The second kappa shape index (κ2) is 4.86. The molecule has 4 rings (SSSR count). The maximum Gasteiger partial charge on any atom is 0.227 e. The lowest BCUT2D eigenvalue weighted by Crippen LogP contribution is -1.95. The third-order valence-electron chi connectivity index (χ3n) is 3.87. The van der Waals surface area contributed by atoms with Gasteiger partial charge in [-0.3, -0.25) is 0 Å². The first-order valence-corrected chi connectivity index (χ1v) is 7.81. The number of benzene rings is 1. The summed E-state index contributed by atoms with van der Waals surface area (Å²) in [7, 11) is 0. The Hall–Kier alpha value is -2.78. The van der Waals surface area contributed by atoms with E-state index in [1.165, 1.54) is 11.3 Å². The predicted octanol–water partition coefficient (Wildman–Crippen LogP) is 4.73. The average Bonchev–Trinajstić information content (AvgIpc) is 3.11. The first-order valence-electron chi connectivity index (χ1n) is 6.93. The fraction of sp³-hybridized carbons (Fsp3) is 0.118. The van der Waals surface area contributed by atoms with E-state index in [0.29, 0.717) is 33.5 Å². The molecule has 0 saturated carbocycles. The number of fused-ring (bicyclic) bond motifs is 3. The number of nitriles is 1. The molecule has 4 nitrogen and oxygen atoms in total. The molecule has 112 valence electrons. The topological polar surface area (TPSA) is 62.7 Å². The Bertz CT molecular complexity index is 1120. The first kappa shape index (κ1) is 13.9. The molecule has 0 atom stereocenters. The van der Waals surface area contributed by atoms with E-state index >= 15 is 4.39 Å². The van der Waals surface area contributed by atoms with E-state index in [0.717, 1.165) is 5.01 Å². The summed E-state index contributed by atoms with van der Waals surface area (Å²) in [6.45, 7) is 3.58. The lowest BCUT2D eigenvalue weighted by molar-refractivity contribution is 0.631. The molecule has 0 spiro atoms. The molecule has 4 aromatic rings. The van der Waals surface area contributed by atoms with Crippen molar-refractivity contribution in [2.24, 2.45) is 0 Å².